The van der Waals surface area contributed by atoms with Gasteiger partial charge in [-0.3, -0.25) is 4.79 Å². The molecule has 0 unspecified atom stereocenters. The van der Waals surface area contributed by atoms with Crippen LogP contribution in [0.25, 0.3) is 0 Å². The molecule has 0 spiro atoms. The Hall–Kier alpha value is -2.04. The molecule has 5 nitrogen and oxygen atoms in total. The fourth-order valence-corrected chi connectivity index (χ4v) is 3.27. The number of carbonyl (C=O) groups is 2. The van der Waals surface area contributed by atoms with Crippen LogP contribution in [-0.4, -0.2) is 29.6 Å². The first-order chi connectivity index (χ1) is 10.9. The monoisotopic (exact) mass is 319 g/mol. The molecule has 0 aliphatic heterocycles. The number of ether oxygens (including phenoxy) is 1. The number of aliphatic carboxylic acids is 1. The second-order valence-electron chi connectivity index (χ2n) is 6.37. The van der Waals surface area contributed by atoms with Gasteiger partial charge in [0.1, 0.15) is 11.3 Å². The molecule has 1 fully saturated rings. The third kappa shape index (κ3) is 3.66. The first-order valence-electron chi connectivity index (χ1n) is 8.12. The van der Waals surface area contributed by atoms with Crippen molar-refractivity contribution in [2.45, 2.75) is 51.5 Å². The van der Waals surface area contributed by atoms with Gasteiger partial charge in [-0.15, -0.1) is 0 Å². The number of amides is 1. The van der Waals surface area contributed by atoms with E-state index in [0.717, 1.165) is 24.8 Å². The van der Waals surface area contributed by atoms with Gasteiger partial charge in [0.05, 0.1) is 7.11 Å². The quantitative estimate of drug-likeness (QED) is 0.874. The van der Waals surface area contributed by atoms with Crippen molar-refractivity contribution >= 4 is 11.9 Å². The van der Waals surface area contributed by atoms with Crippen LogP contribution in [-0.2, 0) is 4.79 Å². The van der Waals surface area contributed by atoms with Gasteiger partial charge in [-0.2, -0.15) is 0 Å². The van der Waals surface area contributed by atoms with Gasteiger partial charge in [0.25, 0.3) is 5.91 Å². The number of carbonyl (C=O) groups excluding carboxylic acids is 1. The maximum Gasteiger partial charge on any atom is 0.329 e. The molecular formula is C18H25NO4. The van der Waals surface area contributed by atoms with Crippen molar-refractivity contribution in [2.75, 3.05) is 7.11 Å². The van der Waals surface area contributed by atoms with E-state index in [2.05, 4.69) is 12.2 Å². The van der Waals surface area contributed by atoms with Gasteiger partial charge in [-0.1, -0.05) is 13.3 Å². The van der Waals surface area contributed by atoms with Crippen molar-refractivity contribution in [2.24, 2.45) is 5.92 Å². The second kappa shape index (κ2) is 7.02. The Kier molecular flexibility index (Phi) is 5.29. The van der Waals surface area contributed by atoms with Crippen LogP contribution in [0.3, 0.4) is 0 Å². The Morgan fingerprint density at radius 2 is 2.00 bits per heavy atom. The summed E-state index contributed by atoms with van der Waals surface area (Å²) >= 11 is 0. The molecule has 5 heteroatoms. The zero-order chi connectivity index (χ0) is 17.0. The Labute approximate surface area is 137 Å². The molecule has 2 N–H and O–H groups in total. The minimum absolute atomic E-state index is 0.331. The van der Waals surface area contributed by atoms with Crippen LogP contribution in [0.4, 0.5) is 0 Å². The number of carboxylic acids is 1. The fraction of sp³-hybridized carbons (Fsp3) is 0.556. The molecule has 1 amide bonds. The number of hydrogen-bond acceptors (Lipinski definition) is 3. The van der Waals surface area contributed by atoms with E-state index in [1.807, 2.05) is 6.92 Å². The number of benzene rings is 1. The molecule has 0 heterocycles. The van der Waals surface area contributed by atoms with E-state index in [1.165, 1.54) is 0 Å². The summed E-state index contributed by atoms with van der Waals surface area (Å²) in [6.45, 7) is 3.94. The molecule has 0 bridgehead atoms. The third-order valence-electron chi connectivity index (χ3n) is 4.98. The number of aryl methyl sites for hydroxylation is 1. The molecule has 1 aromatic rings. The summed E-state index contributed by atoms with van der Waals surface area (Å²) in [7, 11) is 1.57. The van der Waals surface area contributed by atoms with Crippen LogP contribution >= 0.6 is 0 Å². The van der Waals surface area contributed by atoms with E-state index >= 15 is 0 Å². The number of carboxylic acid groups (broad SMARTS) is 1. The molecule has 0 saturated heterocycles. The zero-order valence-corrected chi connectivity index (χ0v) is 14.0. The minimum atomic E-state index is -1.14. The van der Waals surface area contributed by atoms with Gasteiger partial charge in [0.15, 0.2) is 0 Å². The lowest BCUT2D eigenvalue weighted by atomic mass is 9.75. The van der Waals surface area contributed by atoms with E-state index < -0.39 is 11.5 Å². The topological polar surface area (TPSA) is 75.6 Å². The van der Waals surface area contributed by atoms with Gasteiger partial charge in [-0.25, -0.2) is 4.79 Å². The van der Waals surface area contributed by atoms with Gasteiger partial charge < -0.3 is 15.2 Å². The minimum Gasteiger partial charge on any atom is -0.497 e. The van der Waals surface area contributed by atoms with Crippen LogP contribution in [0.5, 0.6) is 5.75 Å². The highest BCUT2D eigenvalue weighted by Crippen LogP contribution is 2.34. The maximum absolute atomic E-state index is 12.6. The second-order valence-corrected chi connectivity index (χ2v) is 6.37. The summed E-state index contributed by atoms with van der Waals surface area (Å²) in [6, 6.07) is 5.16. The van der Waals surface area contributed by atoms with E-state index in [0.29, 0.717) is 30.1 Å². The van der Waals surface area contributed by atoms with Gasteiger partial charge in [0.2, 0.25) is 0 Å². The standard InChI is InChI=1S/C18H25NO4/c1-4-13-7-9-18(10-8-13,17(21)22)19-16(20)15-6-5-14(23-3)11-12(15)2/h5-6,11,13H,4,7-10H2,1-3H3,(H,19,20)(H,21,22). The lowest BCUT2D eigenvalue weighted by molar-refractivity contribution is -0.146. The molecule has 1 aliphatic rings. The number of nitrogens with one attached hydrogen (secondary N) is 1. The Morgan fingerprint density at radius 1 is 1.35 bits per heavy atom. The maximum atomic E-state index is 12.6. The van der Waals surface area contributed by atoms with Gasteiger partial charge >= 0.3 is 5.97 Å². The van der Waals surface area contributed by atoms with Crippen molar-refractivity contribution < 1.29 is 19.4 Å². The zero-order valence-electron chi connectivity index (χ0n) is 14.0. The Morgan fingerprint density at radius 3 is 2.48 bits per heavy atom. The van der Waals surface area contributed by atoms with Crippen LogP contribution < -0.4 is 10.1 Å². The number of hydrogen-bond donors (Lipinski definition) is 2. The molecule has 23 heavy (non-hydrogen) atoms. The SMILES string of the molecule is CCC1CCC(NC(=O)c2ccc(OC)cc2C)(C(=O)O)CC1. The van der Waals surface area contributed by atoms with Gasteiger partial charge in [-0.05, 0) is 62.3 Å². The number of methoxy groups -OCH3 is 1. The molecule has 0 radical (unpaired) electrons. The van der Waals surface area contributed by atoms with Gasteiger partial charge in [0, 0.05) is 5.56 Å². The third-order valence-corrected chi connectivity index (χ3v) is 4.98. The molecule has 126 valence electrons. The van der Waals surface area contributed by atoms with Crippen LogP contribution in [0.2, 0.25) is 0 Å². The molecule has 1 aromatic carbocycles. The molecule has 1 aliphatic carbocycles. The molecule has 2 rings (SSSR count). The molecule has 0 aromatic heterocycles. The van der Waals surface area contributed by atoms with E-state index in [-0.39, 0.29) is 5.91 Å². The first kappa shape index (κ1) is 17.3. The van der Waals surface area contributed by atoms with Crippen molar-refractivity contribution in [1.29, 1.82) is 0 Å². The summed E-state index contributed by atoms with van der Waals surface area (Å²) < 4.78 is 5.14. The molecule has 1 saturated carbocycles. The predicted molar refractivity (Wildman–Crippen MR) is 87.8 cm³/mol. The average Bonchev–Trinajstić information content (AvgIpc) is 2.55. The smallest absolute Gasteiger partial charge is 0.329 e. The highest BCUT2D eigenvalue weighted by atomic mass is 16.5. The summed E-state index contributed by atoms with van der Waals surface area (Å²) in [4.78, 5) is 24.4. The van der Waals surface area contributed by atoms with Crippen LogP contribution in [0.1, 0.15) is 54.9 Å². The van der Waals surface area contributed by atoms with Crippen molar-refractivity contribution in [3.8, 4) is 5.75 Å². The van der Waals surface area contributed by atoms with E-state index in [1.54, 1.807) is 25.3 Å². The molecule has 0 atom stereocenters. The van der Waals surface area contributed by atoms with E-state index in [9.17, 15) is 14.7 Å². The highest BCUT2D eigenvalue weighted by Gasteiger charge is 2.43. The van der Waals surface area contributed by atoms with Crippen molar-refractivity contribution in [3.63, 3.8) is 0 Å². The highest BCUT2D eigenvalue weighted by molar-refractivity contribution is 5.99. The van der Waals surface area contributed by atoms with Crippen molar-refractivity contribution in [1.82, 2.24) is 5.32 Å². The average molecular weight is 319 g/mol. The van der Waals surface area contributed by atoms with Crippen molar-refractivity contribution in [3.05, 3.63) is 29.3 Å². The van der Waals surface area contributed by atoms with Crippen LogP contribution in [0.15, 0.2) is 18.2 Å². The predicted octanol–water partition coefficient (Wildman–Crippen LogP) is 3.16. The molecular weight excluding hydrogens is 294 g/mol. The largest absolute Gasteiger partial charge is 0.497 e. The summed E-state index contributed by atoms with van der Waals surface area (Å²) in [5.41, 5.74) is 0.114. The Bertz CT molecular complexity index is 589. The summed E-state index contributed by atoms with van der Waals surface area (Å²) in [6.07, 6.45) is 3.71. The van der Waals surface area contributed by atoms with E-state index in [4.69, 9.17) is 4.74 Å². The van der Waals surface area contributed by atoms with Crippen LogP contribution in [0, 0.1) is 12.8 Å². The number of rotatable bonds is 5. The fourth-order valence-electron chi connectivity index (χ4n) is 3.27. The normalized spacial score (nSPS) is 24.0. The Balaban J connectivity index is 2.17. The summed E-state index contributed by atoms with van der Waals surface area (Å²) in [5, 5.41) is 12.5. The first-order valence-corrected chi connectivity index (χ1v) is 8.12. The lowest BCUT2D eigenvalue weighted by Gasteiger charge is -2.37. The lowest BCUT2D eigenvalue weighted by Crippen LogP contribution is -2.56. The summed E-state index contributed by atoms with van der Waals surface area (Å²) in [5.74, 6) is -0.0355.